The number of hydrogen-bond acceptors (Lipinski definition) is 4. The van der Waals surface area contributed by atoms with Crippen molar-refractivity contribution in [2.24, 2.45) is 0 Å². The van der Waals surface area contributed by atoms with E-state index in [1.54, 1.807) is 0 Å². The van der Waals surface area contributed by atoms with Crippen LogP contribution in [0.3, 0.4) is 0 Å². The Bertz CT molecular complexity index is 601. The lowest BCUT2D eigenvalue weighted by atomic mass is 10.1. The lowest BCUT2D eigenvalue weighted by molar-refractivity contribution is 0.912. The number of hydrogen-bond donors (Lipinski definition) is 1. The minimum atomic E-state index is 0.0723. The molecule has 0 radical (unpaired) electrons. The summed E-state index contributed by atoms with van der Waals surface area (Å²) in [6.45, 7) is 0. The number of aryl methyl sites for hydroxylation is 2. The molecule has 1 aliphatic carbocycles. The number of rotatable bonds is 2. The first kappa shape index (κ1) is 11.7. The van der Waals surface area contributed by atoms with Crippen LogP contribution in [0, 0.1) is 0 Å². The van der Waals surface area contributed by atoms with Crippen LogP contribution in [0.1, 0.15) is 17.5 Å². The van der Waals surface area contributed by atoms with E-state index in [0.717, 1.165) is 18.5 Å². The minimum absolute atomic E-state index is 0.0723. The van der Waals surface area contributed by atoms with Crippen LogP contribution in [0.4, 0.5) is 11.5 Å². The van der Waals surface area contributed by atoms with Gasteiger partial charge in [-0.2, -0.15) is 4.98 Å². The first-order valence-corrected chi connectivity index (χ1v) is 6.42. The molecule has 1 aromatic carbocycles. The Morgan fingerprint density at radius 3 is 2.78 bits per heavy atom. The van der Waals surface area contributed by atoms with E-state index >= 15 is 0 Å². The quantitative estimate of drug-likeness (QED) is 0.916. The normalized spacial score (nSPS) is 13.4. The Balaban J connectivity index is 1.90. The zero-order valence-electron chi connectivity index (χ0n) is 9.45. The third-order valence-electron chi connectivity index (χ3n) is 2.98. The van der Waals surface area contributed by atoms with Crippen LogP contribution >= 0.6 is 23.2 Å². The molecule has 92 valence electrons. The predicted octanol–water partition coefficient (Wildman–Crippen LogP) is 3.41. The number of fused-ring (bicyclic) bond motifs is 1. The molecule has 0 aliphatic heterocycles. The van der Waals surface area contributed by atoms with Gasteiger partial charge in [-0.1, -0.05) is 17.7 Å². The fourth-order valence-corrected chi connectivity index (χ4v) is 2.41. The van der Waals surface area contributed by atoms with Crippen LogP contribution in [-0.4, -0.2) is 15.2 Å². The van der Waals surface area contributed by atoms with Gasteiger partial charge in [-0.15, -0.1) is 10.2 Å². The first-order chi connectivity index (χ1) is 8.72. The fraction of sp³-hybridized carbons (Fsp3) is 0.250. The summed E-state index contributed by atoms with van der Waals surface area (Å²) in [7, 11) is 0. The summed E-state index contributed by atoms with van der Waals surface area (Å²) < 4.78 is 0. The summed E-state index contributed by atoms with van der Waals surface area (Å²) in [6.07, 6.45) is 3.51. The third kappa shape index (κ3) is 2.26. The topological polar surface area (TPSA) is 50.7 Å². The Labute approximate surface area is 114 Å². The van der Waals surface area contributed by atoms with Gasteiger partial charge in [0.15, 0.2) is 11.0 Å². The van der Waals surface area contributed by atoms with Gasteiger partial charge < -0.3 is 5.32 Å². The van der Waals surface area contributed by atoms with Crippen LogP contribution in [-0.2, 0) is 12.8 Å². The number of benzene rings is 1. The molecular weight excluding hydrogens is 271 g/mol. The number of aromatic nitrogens is 3. The van der Waals surface area contributed by atoms with Crippen molar-refractivity contribution in [3.05, 3.63) is 39.8 Å². The van der Waals surface area contributed by atoms with E-state index in [1.165, 1.54) is 17.5 Å². The molecule has 0 saturated heterocycles. The summed E-state index contributed by atoms with van der Waals surface area (Å²) in [5, 5.41) is 10.7. The molecule has 0 spiro atoms. The Hall–Kier alpha value is -1.39. The lowest BCUT2D eigenvalue weighted by Crippen LogP contribution is -1.99. The average molecular weight is 281 g/mol. The van der Waals surface area contributed by atoms with Gasteiger partial charge in [-0.25, -0.2) is 0 Å². The summed E-state index contributed by atoms with van der Waals surface area (Å²) in [6, 6.07) is 6.26. The molecular formula is C12H10Cl2N4. The highest BCUT2D eigenvalue weighted by Crippen LogP contribution is 2.27. The standard InChI is InChI=1S/C12H10Cl2N4/c13-10-11(16-12(14)18-17-10)15-9-5-4-7-2-1-3-8(7)6-9/h4-6H,1-3H2,(H,15,16,18). The van der Waals surface area contributed by atoms with Crippen molar-refractivity contribution in [3.8, 4) is 0 Å². The molecule has 0 amide bonds. The van der Waals surface area contributed by atoms with Crippen molar-refractivity contribution < 1.29 is 0 Å². The lowest BCUT2D eigenvalue weighted by Gasteiger charge is -2.08. The second-order valence-electron chi connectivity index (χ2n) is 4.18. The number of nitrogens with zero attached hydrogens (tertiary/aromatic N) is 3. The van der Waals surface area contributed by atoms with Crippen LogP contribution in [0.2, 0.25) is 10.4 Å². The number of nitrogens with one attached hydrogen (secondary N) is 1. The largest absolute Gasteiger partial charge is 0.337 e. The molecule has 0 atom stereocenters. The van der Waals surface area contributed by atoms with Crippen LogP contribution < -0.4 is 5.32 Å². The maximum absolute atomic E-state index is 5.91. The molecule has 1 heterocycles. The van der Waals surface area contributed by atoms with E-state index in [2.05, 4.69) is 32.6 Å². The van der Waals surface area contributed by atoms with E-state index in [4.69, 9.17) is 23.2 Å². The molecule has 18 heavy (non-hydrogen) atoms. The van der Waals surface area contributed by atoms with Crippen LogP contribution in [0.25, 0.3) is 0 Å². The fourth-order valence-electron chi connectivity index (χ4n) is 2.16. The predicted molar refractivity (Wildman–Crippen MR) is 71.6 cm³/mol. The average Bonchev–Trinajstić information content (AvgIpc) is 2.81. The molecule has 2 aromatic rings. The number of anilines is 2. The minimum Gasteiger partial charge on any atom is -0.337 e. The van der Waals surface area contributed by atoms with Crippen LogP contribution in [0.5, 0.6) is 0 Å². The smallest absolute Gasteiger partial charge is 0.245 e. The van der Waals surface area contributed by atoms with Crippen molar-refractivity contribution >= 4 is 34.7 Å². The maximum Gasteiger partial charge on any atom is 0.245 e. The molecule has 0 saturated carbocycles. The molecule has 0 unspecified atom stereocenters. The molecule has 0 bridgehead atoms. The van der Waals surface area contributed by atoms with E-state index in [1.807, 2.05) is 6.07 Å². The highest BCUT2D eigenvalue weighted by Gasteiger charge is 2.12. The van der Waals surface area contributed by atoms with Gasteiger partial charge >= 0.3 is 0 Å². The SMILES string of the molecule is Clc1nnc(Cl)c(Nc2ccc3c(c2)CCC3)n1. The van der Waals surface area contributed by atoms with E-state index in [9.17, 15) is 0 Å². The number of halogens is 2. The van der Waals surface area contributed by atoms with Gasteiger partial charge in [-0.05, 0) is 54.1 Å². The van der Waals surface area contributed by atoms with Gasteiger partial charge in [0.2, 0.25) is 5.28 Å². The molecule has 6 heteroatoms. The van der Waals surface area contributed by atoms with E-state index in [-0.39, 0.29) is 10.4 Å². The summed E-state index contributed by atoms with van der Waals surface area (Å²) in [5.74, 6) is 0.426. The van der Waals surface area contributed by atoms with Gasteiger partial charge in [0.05, 0.1) is 0 Å². The second kappa shape index (κ2) is 4.71. The monoisotopic (exact) mass is 280 g/mol. The molecule has 1 N–H and O–H groups in total. The van der Waals surface area contributed by atoms with Gasteiger partial charge in [-0.3, -0.25) is 0 Å². The first-order valence-electron chi connectivity index (χ1n) is 5.67. The molecule has 4 nitrogen and oxygen atoms in total. The van der Waals surface area contributed by atoms with Gasteiger partial charge in [0, 0.05) is 5.69 Å². The van der Waals surface area contributed by atoms with Gasteiger partial charge in [0.25, 0.3) is 0 Å². The Morgan fingerprint density at radius 2 is 1.89 bits per heavy atom. The van der Waals surface area contributed by atoms with E-state index in [0.29, 0.717) is 5.82 Å². The maximum atomic E-state index is 5.91. The highest BCUT2D eigenvalue weighted by molar-refractivity contribution is 6.32. The van der Waals surface area contributed by atoms with Crippen molar-refractivity contribution in [1.82, 2.24) is 15.2 Å². The molecule has 3 rings (SSSR count). The van der Waals surface area contributed by atoms with Crippen molar-refractivity contribution in [2.45, 2.75) is 19.3 Å². The van der Waals surface area contributed by atoms with Crippen molar-refractivity contribution in [3.63, 3.8) is 0 Å². The molecule has 0 fully saturated rings. The molecule has 1 aliphatic rings. The summed E-state index contributed by atoms with van der Waals surface area (Å²) in [4.78, 5) is 4.01. The van der Waals surface area contributed by atoms with Crippen LogP contribution in [0.15, 0.2) is 18.2 Å². The highest BCUT2D eigenvalue weighted by atomic mass is 35.5. The van der Waals surface area contributed by atoms with Crippen molar-refractivity contribution in [2.75, 3.05) is 5.32 Å². The van der Waals surface area contributed by atoms with Gasteiger partial charge in [0.1, 0.15) is 0 Å². The second-order valence-corrected chi connectivity index (χ2v) is 4.88. The zero-order valence-corrected chi connectivity index (χ0v) is 11.0. The Kier molecular flexibility index (Phi) is 3.06. The zero-order chi connectivity index (χ0) is 12.5. The molecule has 1 aromatic heterocycles. The summed E-state index contributed by atoms with van der Waals surface area (Å²) >= 11 is 11.6. The van der Waals surface area contributed by atoms with E-state index < -0.39 is 0 Å². The Morgan fingerprint density at radius 1 is 1.06 bits per heavy atom. The third-order valence-corrected chi connectivity index (χ3v) is 3.40. The van der Waals surface area contributed by atoms with Crippen molar-refractivity contribution in [1.29, 1.82) is 0 Å². The summed E-state index contributed by atoms with van der Waals surface area (Å²) in [5.41, 5.74) is 3.74.